The molecule has 19 heavy (non-hydrogen) atoms. The molecule has 0 fully saturated rings. The zero-order valence-electron chi connectivity index (χ0n) is 10.4. The lowest BCUT2D eigenvalue weighted by Crippen LogP contribution is -2.29. The van der Waals surface area contributed by atoms with Gasteiger partial charge in [0.2, 0.25) is 0 Å². The van der Waals surface area contributed by atoms with Crippen LogP contribution < -0.4 is 10.5 Å². The number of nitrogens with two attached hydrogens (primary N) is 1. The van der Waals surface area contributed by atoms with E-state index in [1.165, 1.54) is 13.2 Å². The maximum atomic E-state index is 13.5. The molecule has 104 valence electrons. The minimum absolute atomic E-state index is 0.0715. The summed E-state index contributed by atoms with van der Waals surface area (Å²) in [5.74, 6) is -2.53. The van der Waals surface area contributed by atoms with Gasteiger partial charge >= 0.3 is 5.97 Å². The molecule has 0 heterocycles. The Morgan fingerprint density at radius 2 is 2.16 bits per heavy atom. The molecule has 0 aliphatic rings. The molecule has 1 aromatic rings. The third kappa shape index (κ3) is 4.33. The number of carboxylic acids is 1. The van der Waals surface area contributed by atoms with Gasteiger partial charge in [-0.1, -0.05) is 12.2 Å². The third-order valence-electron chi connectivity index (χ3n) is 2.53. The van der Waals surface area contributed by atoms with Crippen molar-refractivity contribution in [3.63, 3.8) is 0 Å². The molecular formula is C13H15F2NO3. The van der Waals surface area contributed by atoms with Gasteiger partial charge in [0.05, 0.1) is 7.11 Å². The number of ether oxygens (including phenoxy) is 1. The van der Waals surface area contributed by atoms with Crippen molar-refractivity contribution in [2.24, 2.45) is 5.73 Å². The Labute approximate surface area is 109 Å². The van der Waals surface area contributed by atoms with Gasteiger partial charge in [-0.3, -0.25) is 4.79 Å². The molecule has 1 unspecified atom stereocenters. The fourth-order valence-corrected chi connectivity index (χ4v) is 1.44. The van der Waals surface area contributed by atoms with Gasteiger partial charge in [-0.25, -0.2) is 8.78 Å². The number of allylic oxidation sites excluding steroid dienone is 1. The lowest BCUT2D eigenvalue weighted by Gasteiger charge is -2.04. The molecule has 4 nitrogen and oxygen atoms in total. The Kier molecular flexibility index (Phi) is 5.44. The van der Waals surface area contributed by atoms with E-state index >= 15 is 0 Å². The predicted octanol–water partition coefficient (Wildman–Crippen LogP) is 2.18. The standard InChI is InChI=1S/C13H15F2NO3/c1-19-12-7-9(14)8(6-10(12)15)4-2-3-5-11(16)13(17)18/h2,4,6-7,11H,3,5,16H2,1H3,(H,17,18)/b4-2+. The van der Waals surface area contributed by atoms with Gasteiger partial charge < -0.3 is 15.6 Å². The minimum atomic E-state index is -1.09. The number of carboxylic acid groups (broad SMARTS) is 1. The molecule has 0 radical (unpaired) electrons. The number of hydrogen-bond donors (Lipinski definition) is 2. The number of benzene rings is 1. The highest BCUT2D eigenvalue weighted by molar-refractivity contribution is 5.73. The van der Waals surface area contributed by atoms with E-state index in [-0.39, 0.29) is 17.7 Å². The van der Waals surface area contributed by atoms with Crippen LogP contribution in [-0.2, 0) is 4.79 Å². The average Bonchev–Trinajstić information content (AvgIpc) is 2.37. The van der Waals surface area contributed by atoms with Gasteiger partial charge in [-0.2, -0.15) is 0 Å². The summed E-state index contributed by atoms with van der Waals surface area (Å²) in [6, 6.07) is 1.02. The predicted molar refractivity (Wildman–Crippen MR) is 66.8 cm³/mol. The molecule has 0 aliphatic carbocycles. The fourth-order valence-electron chi connectivity index (χ4n) is 1.44. The van der Waals surface area contributed by atoms with Crippen LogP contribution in [0.4, 0.5) is 8.78 Å². The van der Waals surface area contributed by atoms with Crippen molar-refractivity contribution in [1.82, 2.24) is 0 Å². The van der Waals surface area contributed by atoms with E-state index in [2.05, 4.69) is 4.74 Å². The highest BCUT2D eigenvalue weighted by Gasteiger charge is 2.10. The molecule has 1 rings (SSSR count). The second kappa shape index (κ2) is 6.84. The van der Waals surface area contributed by atoms with Crippen LogP contribution in [0.15, 0.2) is 18.2 Å². The van der Waals surface area contributed by atoms with E-state index in [1.54, 1.807) is 6.08 Å². The van der Waals surface area contributed by atoms with Gasteiger partial charge in [0.15, 0.2) is 11.6 Å². The summed E-state index contributed by atoms with van der Waals surface area (Å²) < 4.78 is 31.5. The van der Waals surface area contributed by atoms with Crippen molar-refractivity contribution in [2.75, 3.05) is 7.11 Å². The van der Waals surface area contributed by atoms with Crippen molar-refractivity contribution in [2.45, 2.75) is 18.9 Å². The van der Waals surface area contributed by atoms with Gasteiger partial charge in [0.25, 0.3) is 0 Å². The number of methoxy groups -OCH3 is 1. The molecule has 0 amide bonds. The second-order valence-corrected chi connectivity index (χ2v) is 3.93. The zero-order valence-corrected chi connectivity index (χ0v) is 10.4. The quantitative estimate of drug-likeness (QED) is 0.831. The topological polar surface area (TPSA) is 72.5 Å². The SMILES string of the molecule is COc1cc(F)c(/C=C/CCC(N)C(=O)O)cc1F. The Morgan fingerprint density at radius 1 is 1.47 bits per heavy atom. The summed E-state index contributed by atoms with van der Waals surface area (Å²) in [7, 11) is 1.25. The molecule has 0 bridgehead atoms. The van der Waals surface area contributed by atoms with Crippen LogP contribution in [-0.4, -0.2) is 24.2 Å². The highest BCUT2D eigenvalue weighted by Crippen LogP contribution is 2.22. The summed E-state index contributed by atoms with van der Waals surface area (Å²) in [5, 5.41) is 8.56. The first-order chi connectivity index (χ1) is 8.95. The Balaban J connectivity index is 2.67. The number of halogens is 2. The molecule has 1 aromatic carbocycles. The Morgan fingerprint density at radius 3 is 2.74 bits per heavy atom. The minimum Gasteiger partial charge on any atom is -0.494 e. The lowest BCUT2D eigenvalue weighted by atomic mass is 10.1. The zero-order chi connectivity index (χ0) is 14.4. The van der Waals surface area contributed by atoms with Gasteiger partial charge in [0.1, 0.15) is 11.9 Å². The summed E-state index contributed by atoms with van der Waals surface area (Å²) >= 11 is 0. The van der Waals surface area contributed by atoms with E-state index < -0.39 is 23.6 Å². The highest BCUT2D eigenvalue weighted by atomic mass is 19.1. The van der Waals surface area contributed by atoms with E-state index in [0.717, 1.165) is 12.1 Å². The first-order valence-electron chi connectivity index (χ1n) is 5.63. The molecule has 1 atom stereocenters. The summed E-state index contributed by atoms with van der Waals surface area (Å²) in [6.07, 6.45) is 3.52. The fraction of sp³-hybridized carbons (Fsp3) is 0.308. The molecule has 0 saturated heterocycles. The van der Waals surface area contributed by atoms with Crippen LogP contribution in [0.3, 0.4) is 0 Å². The number of hydrogen-bond acceptors (Lipinski definition) is 3. The maximum absolute atomic E-state index is 13.5. The largest absolute Gasteiger partial charge is 0.494 e. The normalized spacial score (nSPS) is 12.6. The number of aliphatic carboxylic acids is 1. The molecular weight excluding hydrogens is 256 g/mol. The molecule has 0 aromatic heterocycles. The lowest BCUT2D eigenvalue weighted by molar-refractivity contribution is -0.138. The smallest absolute Gasteiger partial charge is 0.320 e. The van der Waals surface area contributed by atoms with Crippen LogP contribution in [0.1, 0.15) is 18.4 Å². The molecule has 3 N–H and O–H groups in total. The number of rotatable bonds is 6. The number of carbonyl (C=O) groups is 1. The molecule has 0 spiro atoms. The van der Waals surface area contributed by atoms with Crippen molar-refractivity contribution < 1.29 is 23.4 Å². The van der Waals surface area contributed by atoms with Crippen LogP contribution in [0, 0.1) is 11.6 Å². The second-order valence-electron chi connectivity index (χ2n) is 3.93. The summed E-state index contributed by atoms with van der Waals surface area (Å²) in [4.78, 5) is 10.5. The van der Waals surface area contributed by atoms with Crippen molar-refractivity contribution in [1.29, 1.82) is 0 Å². The van der Waals surface area contributed by atoms with Gasteiger partial charge in [-0.15, -0.1) is 0 Å². The Hall–Kier alpha value is -1.95. The van der Waals surface area contributed by atoms with E-state index in [4.69, 9.17) is 10.8 Å². The summed E-state index contributed by atoms with van der Waals surface area (Å²) in [6.45, 7) is 0. The first kappa shape index (κ1) is 15.1. The first-order valence-corrected chi connectivity index (χ1v) is 5.63. The molecule has 0 saturated carbocycles. The maximum Gasteiger partial charge on any atom is 0.320 e. The van der Waals surface area contributed by atoms with E-state index in [9.17, 15) is 13.6 Å². The van der Waals surface area contributed by atoms with Gasteiger partial charge in [-0.05, 0) is 18.9 Å². The van der Waals surface area contributed by atoms with Crippen molar-refractivity contribution in [3.8, 4) is 5.75 Å². The molecule has 6 heteroatoms. The molecule has 0 aliphatic heterocycles. The van der Waals surface area contributed by atoms with E-state index in [1.807, 2.05) is 0 Å². The Bertz CT molecular complexity index is 489. The van der Waals surface area contributed by atoms with E-state index in [0.29, 0.717) is 6.42 Å². The van der Waals surface area contributed by atoms with Crippen LogP contribution in [0.2, 0.25) is 0 Å². The van der Waals surface area contributed by atoms with Crippen LogP contribution in [0.25, 0.3) is 6.08 Å². The van der Waals surface area contributed by atoms with Crippen molar-refractivity contribution >= 4 is 12.0 Å². The van der Waals surface area contributed by atoms with Crippen molar-refractivity contribution in [3.05, 3.63) is 35.4 Å². The monoisotopic (exact) mass is 271 g/mol. The van der Waals surface area contributed by atoms with Crippen LogP contribution in [0.5, 0.6) is 5.75 Å². The van der Waals surface area contributed by atoms with Gasteiger partial charge in [0, 0.05) is 11.6 Å². The van der Waals surface area contributed by atoms with Crippen LogP contribution >= 0.6 is 0 Å². The summed E-state index contributed by atoms with van der Waals surface area (Å²) in [5.41, 5.74) is 5.38. The average molecular weight is 271 g/mol. The third-order valence-corrected chi connectivity index (χ3v) is 2.53.